The Hall–Kier alpha value is -3.00. The maximum absolute atomic E-state index is 12.4. The van der Waals surface area contributed by atoms with Gasteiger partial charge in [0.05, 0.1) is 25.9 Å². The van der Waals surface area contributed by atoms with E-state index in [2.05, 4.69) is 5.32 Å². The van der Waals surface area contributed by atoms with Gasteiger partial charge >= 0.3 is 0 Å². The molecule has 2 rings (SSSR count). The lowest BCUT2D eigenvalue weighted by Crippen LogP contribution is -2.14. The molecule has 5 heteroatoms. The zero-order chi connectivity index (χ0) is 16.1. The molecule has 0 aliphatic rings. The monoisotopic (exact) mass is 296 g/mol. The lowest BCUT2D eigenvalue weighted by atomic mass is 10.1. The Labute approximate surface area is 129 Å². The van der Waals surface area contributed by atoms with Crippen molar-refractivity contribution in [2.45, 2.75) is 6.92 Å². The number of nitrogens with zero attached hydrogens (tertiary/aromatic N) is 1. The summed E-state index contributed by atoms with van der Waals surface area (Å²) in [4.78, 5) is 12.4. The van der Waals surface area contributed by atoms with E-state index < -0.39 is 0 Å². The number of hydrogen-bond donors (Lipinski definition) is 1. The number of nitriles is 1. The maximum Gasteiger partial charge on any atom is 0.256 e. The molecule has 0 heterocycles. The van der Waals surface area contributed by atoms with Crippen molar-refractivity contribution in [2.75, 3.05) is 19.5 Å². The van der Waals surface area contributed by atoms with Crippen LogP contribution in [0, 0.1) is 18.3 Å². The number of rotatable bonds is 4. The van der Waals surface area contributed by atoms with Gasteiger partial charge in [0.15, 0.2) is 11.5 Å². The van der Waals surface area contributed by atoms with Crippen LogP contribution < -0.4 is 14.8 Å². The Morgan fingerprint density at radius 1 is 1.14 bits per heavy atom. The van der Waals surface area contributed by atoms with Crippen molar-refractivity contribution in [1.82, 2.24) is 0 Å². The van der Waals surface area contributed by atoms with Crippen molar-refractivity contribution in [2.24, 2.45) is 0 Å². The van der Waals surface area contributed by atoms with Gasteiger partial charge in [-0.15, -0.1) is 0 Å². The lowest BCUT2D eigenvalue weighted by molar-refractivity contribution is 0.102. The first kappa shape index (κ1) is 15.4. The summed E-state index contributed by atoms with van der Waals surface area (Å²) in [5, 5.41) is 11.7. The topological polar surface area (TPSA) is 71.3 Å². The first-order valence-corrected chi connectivity index (χ1v) is 6.63. The summed E-state index contributed by atoms with van der Waals surface area (Å²) in [6.45, 7) is 1.82. The van der Waals surface area contributed by atoms with E-state index in [4.69, 9.17) is 14.7 Å². The SMILES string of the molecule is COc1cc(C)c(C(=O)Nc2cccc(C#N)c2)cc1OC. The van der Waals surface area contributed by atoms with Gasteiger partial charge in [-0.25, -0.2) is 0 Å². The van der Waals surface area contributed by atoms with Crippen molar-refractivity contribution in [3.63, 3.8) is 0 Å². The summed E-state index contributed by atoms with van der Waals surface area (Å²) >= 11 is 0. The van der Waals surface area contributed by atoms with E-state index >= 15 is 0 Å². The third kappa shape index (κ3) is 3.18. The molecule has 0 spiro atoms. The smallest absolute Gasteiger partial charge is 0.256 e. The predicted molar refractivity (Wildman–Crippen MR) is 83.4 cm³/mol. The van der Waals surface area contributed by atoms with E-state index in [1.165, 1.54) is 7.11 Å². The second-order valence-electron chi connectivity index (χ2n) is 4.67. The van der Waals surface area contributed by atoms with E-state index in [0.29, 0.717) is 28.3 Å². The summed E-state index contributed by atoms with van der Waals surface area (Å²) in [7, 11) is 3.07. The molecular formula is C17H16N2O3. The maximum atomic E-state index is 12.4. The van der Waals surface area contributed by atoms with Crippen molar-refractivity contribution >= 4 is 11.6 Å². The standard InChI is InChI=1S/C17H16N2O3/c1-11-7-15(21-2)16(22-3)9-14(11)17(20)19-13-6-4-5-12(8-13)10-18/h4-9H,1-3H3,(H,19,20). The Kier molecular flexibility index (Phi) is 4.64. The number of methoxy groups -OCH3 is 2. The van der Waals surface area contributed by atoms with Gasteiger partial charge in [-0.1, -0.05) is 6.07 Å². The molecule has 0 radical (unpaired) electrons. The number of nitrogens with one attached hydrogen (secondary N) is 1. The molecule has 112 valence electrons. The molecule has 0 aliphatic heterocycles. The lowest BCUT2D eigenvalue weighted by Gasteiger charge is -2.13. The van der Waals surface area contributed by atoms with Crippen LogP contribution in [0.1, 0.15) is 21.5 Å². The van der Waals surface area contributed by atoms with Crippen LogP contribution in [0.2, 0.25) is 0 Å². The fourth-order valence-electron chi connectivity index (χ4n) is 2.09. The molecule has 2 aromatic rings. The van der Waals surface area contributed by atoms with Crippen molar-refractivity contribution in [1.29, 1.82) is 5.26 Å². The minimum absolute atomic E-state index is 0.270. The fraction of sp³-hybridized carbons (Fsp3) is 0.176. The molecule has 0 unspecified atom stereocenters. The molecule has 1 N–H and O–H groups in total. The molecule has 0 aromatic heterocycles. The van der Waals surface area contributed by atoms with Crippen molar-refractivity contribution in [3.8, 4) is 17.6 Å². The number of amides is 1. The largest absolute Gasteiger partial charge is 0.493 e. The van der Waals surface area contributed by atoms with Gasteiger partial charge in [-0.05, 0) is 42.8 Å². The van der Waals surface area contributed by atoms with Gasteiger partial charge in [0, 0.05) is 11.3 Å². The van der Waals surface area contributed by atoms with Crippen LogP contribution in [0.5, 0.6) is 11.5 Å². The van der Waals surface area contributed by atoms with Gasteiger partial charge in [-0.2, -0.15) is 5.26 Å². The Balaban J connectivity index is 2.31. The normalized spacial score (nSPS) is 9.73. The second-order valence-corrected chi connectivity index (χ2v) is 4.67. The average Bonchev–Trinajstić information content (AvgIpc) is 2.54. The summed E-state index contributed by atoms with van der Waals surface area (Å²) < 4.78 is 10.4. The van der Waals surface area contributed by atoms with Gasteiger partial charge in [0.25, 0.3) is 5.91 Å². The third-order valence-corrected chi connectivity index (χ3v) is 3.22. The molecule has 0 saturated heterocycles. The summed E-state index contributed by atoms with van der Waals surface area (Å²) in [5.41, 5.74) is 2.31. The molecule has 0 saturated carbocycles. The molecule has 22 heavy (non-hydrogen) atoms. The van der Waals surface area contributed by atoms with Gasteiger partial charge < -0.3 is 14.8 Å². The second kappa shape index (κ2) is 6.64. The first-order chi connectivity index (χ1) is 10.6. The van der Waals surface area contributed by atoms with Crippen molar-refractivity contribution < 1.29 is 14.3 Å². The van der Waals surface area contributed by atoms with Gasteiger partial charge in [0.1, 0.15) is 0 Å². The quantitative estimate of drug-likeness (QED) is 0.941. The van der Waals surface area contributed by atoms with E-state index in [0.717, 1.165) is 5.56 Å². The minimum Gasteiger partial charge on any atom is -0.493 e. The molecule has 1 amide bonds. The van der Waals surface area contributed by atoms with Crippen LogP contribution in [0.3, 0.4) is 0 Å². The Morgan fingerprint density at radius 3 is 2.45 bits per heavy atom. The molecule has 5 nitrogen and oxygen atoms in total. The number of benzene rings is 2. The highest BCUT2D eigenvalue weighted by atomic mass is 16.5. The van der Waals surface area contributed by atoms with Crippen LogP contribution in [-0.2, 0) is 0 Å². The number of carbonyl (C=O) groups is 1. The van der Waals surface area contributed by atoms with E-state index in [-0.39, 0.29) is 5.91 Å². The van der Waals surface area contributed by atoms with Crippen LogP contribution in [0.4, 0.5) is 5.69 Å². The molecule has 0 bridgehead atoms. The van der Waals surface area contributed by atoms with Crippen LogP contribution in [-0.4, -0.2) is 20.1 Å². The minimum atomic E-state index is -0.270. The van der Waals surface area contributed by atoms with E-state index in [9.17, 15) is 4.79 Å². The molecule has 0 aliphatic carbocycles. The average molecular weight is 296 g/mol. The Morgan fingerprint density at radius 2 is 1.82 bits per heavy atom. The number of aryl methyl sites for hydroxylation is 1. The zero-order valence-corrected chi connectivity index (χ0v) is 12.6. The predicted octanol–water partition coefficient (Wildman–Crippen LogP) is 3.14. The highest BCUT2D eigenvalue weighted by Crippen LogP contribution is 2.30. The number of hydrogen-bond acceptors (Lipinski definition) is 4. The van der Waals surface area contributed by atoms with Crippen LogP contribution in [0.15, 0.2) is 36.4 Å². The highest BCUT2D eigenvalue weighted by Gasteiger charge is 2.14. The number of anilines is 1. The molecule has 2 aromatic carbocycles. The summed E-state index contributed by atoms with van der Waals surface area (Å²) in [6.07, 6.45) is 0. The van der Waals surface area contributed by atoms with E-state index in [1.807, 2.05) is 13.0 Å². The summed E-state index contributed by atoms with van der Waals surface area (Å²) in [5.74, 6) is 0.792. The molecule has 0 atom stereocenters. The molecular weight excluding hydrogens is 280 g/mol. The van der Waals surface area contributed by atoms with Crippen molar-refractivity contribution in [3.05, 3.63) is 53.1 Å². The fourth-order valence-corrected chi connectivity index (χ4v) is 2.09. The number of carbonyl (C=O) groups excluding carboxylic acids is 1. The summed E-state index contributed by atoms with van der Waals surface area (Å²) in [6, 6.07) is 12.2. The van der Waals surface area contributed by atoms with Gasteiger partial charge in [-0.3, -0.25) is 4.79 Å². The zero-order valence-electron chi connectivity index (χ0n) is 12.6. The first-order valence-electron chi connectivity index (χ1n) is 6.63. The Bertz CT molecular complexity index is 748. The highest BCUT2D eigenvalue weighted by molar-refractivity contribution is 6.05. The van der Waals surface area contributed by atoms with E-state index in [1.54, 1.807) is 43.5 Å². The third-order valence-electron chi connectivity index (χ3n) is 3.22. The molecule has 0 fully saturated rings. The van der Waals surface area contributed by atoms with Crippen LogP contribution in [0.25, 0.3) is 0 Å². The van der Waals surface area contributed by atoms with Crippen LogP contribution >= 0.6 is 0 Å². The van der Waals surface area contributed by atoms with Gasteiger partial charge in [0.2, 0.25) is 0 Å². The number of ether oxygens (including phenoxy) is 2.